The SMILES string of the molecule is O=C(O)O.[CH2-]CCOC.[Li+]. The fourth-order valence-corrected chi connectivity index (χ4v) is 0.144. The van der Waals surface area contributed by atoms with E-state index in [0.29, 0.717) is 0 Å². The summed E-state index contributed by atoms with van der Waals surface area (Å²) in [7, 11) is 1.67. The second kappa shape index (κ2) is 15.9. The summed E-state index contributed by atoms with van der Waals surface area (Å²) in [4.78, 5) is 8.56. The van der Waals surface area contributed by atoms with Crippen LogP contribution in [0.2, 0.25) is 0 Å². The van der Waals surface area contributed by atoms with Crippen LogP contribution in [0.25, 0.3) is 0 Å². The van der Waals surface area contributed by atoms with Crippen LogP contribution in [0.1, 0.15) is 6.42 Å². The molecule has 4 nitrogen and oxygen atoms in total. The van der Waals surface area contributed by atoms with Crippen molar-refractivity contribution in [2.45, 2.75) is 6.42 Å². The van der Waals surface area contributed by atoms with E-state index < -0.39 is 6.16 Å². The third-order valence-electron chi connectivity index (χ3n) is 0.348. The van der Waals surface area contributed by atoms with E-state index >= 15 is 0 Å². The summed E-state index contributed by atoms with van der Waals surface area (Å²) in [5, 5.41) is 13.9. The molecule has 0 radical (unpaired) electrons. The smallest absolute Gasteiger partial charge is 0.450 e. The molecule has 0 saturated carbocycles. The molecule has 0 rings (SSSR count). The first-order valence-corrected chi connectivity index (χ1v) is 2.35. The Morgan fingerprint density at radius 1 is 1.60 bits per heavy atom. The summed E-state index contributed by atoms with van der Waals surface area (Å²) < 4.78 is 4.63. The predicted molar refractivity (Wildman–Crippen MR) is 32.5 cm³/mol. The van der Waals surface area contributed by atoms with Crippen LogP contribution in [0.4, 0.5) is 4.79 Å². The zero-order valence-corrected chi connectivity index (χ0v) is 6.33. The number of ether oxygens (including phenoxy) is 1. The van der Waals surface area contributed by atoms with Crippen molar-refractivity contribution in [2.24, 2.45) is 0 Å². The molecule has 0 bridgehead atoms. The molecule has 2 N–H and O–H groups in total. The normalized spacial score (nSPS) is 6.60. The van der Waals surface area contributed by atoms with E-state index in [1.165, 1.54) is 0 Å². The van der Waals surface area contributed by atoms with Gasteiger partial charge in [0.2, 0.25) is 0 Å². The van der Waals surface area contributed by atoms with Gasteiger partial charge in [0.05, 0.1) is 0 Å². The molecule has 0 spiro atoms. The molecule has 10 heavy (non-hydrogen) atoms. The molecule has 5 heteroatoms. The maximum Gasteiger partial charge on any atom is 1.00 e. The first kappa shape index (κ1) is 16.4. The average Bonchev–Trinajstić information content (AvgIpc) is 1.66. The number of carbonyl (C=O) groups is 1. The summed E-state index contributed by atoms with van der Waals surface area (Å²) >= 11 is 0. The van der Waals surface area contributed by atoms with Crippen molar-refractivity contribution in [1.29, 1.82) is 0 Å². The van der Waals surface area contributed by atoms with Crippen molar-refractivity contribution in [3.63, 3.8) is 0 Å². The minimum Gasteiger partial charge on any atom is -0.450 e. The number of carboxylic acid groups (broad SMARTS) is 2. The van der Waals surface area contributed by atoms with Crippen molar-refractivity contribution in [3.05, 3.63) is 6.92 Å². The first-order chi connectivity index (χ1) is 4.15. The minimum atomic E-state index is -1.83. The van der Waals surface area contributed by atoms with E-state index in [9.17, 15) is 0 Å². The molecule has 0 aliphatic carbocycles. The van der Waals surface area contributed by atoms with Gasteiger partial charge >= 0.3 is 25.0 Å². The average molecular weight is 142 g/mol. The van der Waals surface area contributed by atoms with E-state index in [4.69, 9.17) is 15.0 Å². The van der Waals surface area contributed by atoms with Crippen LogP contribution >= 0.6 is 0 Å². The molecule has 0 aromatic heterocycles. The fourth-order valence-electron chi connectivity index (χ4n) is 0.144. The minimum absolute atomic E-state index is 0. The van der Waals surface area contributed by atoms with Gasteiger partial charge in [0, 0.05) is 13.7 Å². The molecular weight excluding hydrogens is 131 g/mol. The van der Waals surface area contributed by atoms with Gasteiger partial charge in [-0.15, -0.1) is 0 Å². The fraction of sp³-hybridized carbons (Fsp3) is 0.600. The largest absolute Gasteiger partial charge is 1.00 e. The van der Waals surface area contributed by atoms with Crippen LogP contribution in [0.5, 0.6) is 0 Å². The molecule has 0 amide bonds. The van der Waals surface area contributed by atoms with Crippen LogP contribution < -0.4 is 18.9 Å². The van der Waals surface area contributed by atoms with Crippen molar-refractivity contribution in [2.75, 3.05) is 13.7 Å². The van der Waals surface area contributed by atoms with Gasteiger partial charge in [0.1, 0.15) is 0 Å². The Kier molecular flexibility index (Phi) is 26.2. The van der Waals surface area contributed by atoms with Gasteiger partial charge in [-0.2, -0.15) is 6.42 Å². The maximum atomic E-state index is 8.56. The van der Waals surface area contributed by atoms with Crippen molar-refractivity contribution < 1.29 is 38.6 Å². The second-order valence-electron chi connectivity index (χ2n) is 1.13. The summed E-state index contributed by atoms with van der Waals surface area (Å²) in [5.74, 6) is 0. The maximum absolute atomic E-state index is 8.56. The standard InChI is InChI=1S/C4H9O.CH2O3.Li/c1-3-4-5-2;2-1(3)4;/h1,3-4H2,2H3;(H2,2,3,4);/q-1;;+1. The van der Waals surface area contributed by atoms with Gasteiger partial charge in [-0.05, 0) is 0 Å². The van der Waals surface area contributed by atoms with Crippen molar-refractivity contribution >= 4 is 6.16 Å². The summed E-state index contributed by atoms with van der Waals surface area (Å²) in [6, 6.07) is 0. The van der Waals surface area contributed by atoms with Crippen LogP contribution in [-0.4, -0.2) is 30.1 Å². The number of hydrogen-bond donors (Lipinski definition) is 2. The molecule has 0 atom stereocenters. The van der Waals surface area contributed by atoms with Crippen LogP contribution in [-0.2, 0) is 4.74 Å². The third kappa shape index (κ3) is 109. The third-order valence-corrected chi connectivity index (χ3v) is 0.348. The summed E-state index contributed by atoms with van der Waals surface area (Å²) in [6.07, 6.45) is -0.962. The molecule has 0 fully saturated rings. The van der Waals surface area contributed by atoms with E-state index in [1.807, 2.05) is 0 Å². The second-order valence-corrected chi connectivity index (χ2v) is 1.13. The van der Waals surface area contributed by atoms with Gasteiger partial charge in [0.25, 0.3) is 0 Å². The van der Waals surface area contributed by atoms with Crippen LogP contribution in [0.15, 0.2) is 0 Å². The molecule has 56 valence electrons. The zero-order chi connectivity index (χ0) is 7.70. The molecular formula is C5H11LiO4. The molecule has 0 saturated heterocycles. The molecule has 0 aliphatic heterocycles. The Morgan fingerprint density at radius 2 is 1.90 bits per heavy atom. The Bertz CT molecular complexity index is 60.7. The van der Waals surface area contributed by atoms with Gasteiger partial charge in [0.15, 0.2) is 0 Å². The Morgan fingerprint density at radius 3 is 1.90 bits per heavy atom. The van der Waals surface area contributed by atoms with Crippen molar-refractivity contribution in [1.82, 2.24) is 0 Å². The van der Waals surface area contributed by atoms with Gasteiger partial charge < -0.3 is 21.9 Å². The number of hydrogen-bond acceptors (Lipinski definition) is 2. The quantitative estimate of drug-likeness (QED) is 0.348. The molecule has 0 aliphatic rings. The monoisotopic (exact) mass is 142 g/mol. The van der Waals surface area contributed by atoms with Crippen LogP contribution in [0.3, 0.4) is 0 Å². The van der Waals surface area contributed by atoms with Gasteiger partial charge in [-0.25, -0.2) is 4.79 Å². The summed E-state index contributed by atoms with van der Waals surface area (Å²) in [6.45, 7) is 4.33. The van der Waals surface area contributed by atoms with E-state index in [0.717, 1.165) is 13.0 Å². The molecule has 0 aromatic rings. The van der Waals surface area contributed by atoms with Gasteiger partial charge in [-0.1, -0.05) is 0 Å². The Balaban J connectivity index is -0.0000000910. The number of rotatable bonds is 2. The Labute approximate surface area is 72.4 Å². The van der Waals surface area contributed by atoms with Crippen LogP contribution in [0, 0.1) is 6.92 Å². The van der Waals surface area contributed by atoms with E-state index in [2.05, 4.69) is 11.7 Å². The Hall–Kier alpha value is -0.173. The number of methoxy groups -OCH3 is 1. The zero-order valence-electron chi connectivity index (χ0n) is 6.33. The molecule has 0 aromatic carbocycles. The first-order valence-electron chi connectivity index (χ1n) is 2.35. The van der Waals surface area contributed by atoms with E-state index in [1.54, 1.807) is 7.11 Å². The van der Waals surface area contributed by atoms with E-state index in [-0.39, 0.29) is 18.9 Å². The molecule has 0 heterocycles. The summed E-state index contributed by atoms with van der Waals surface area (Å²) in [5.41, 5.74) is 0. The predicted octanol–water partition coefficient (Wildman–Crippen LogP) is -1.92. The van der Waals surface area contributed by atoms with Gasteiger partial charge in [-0.3, -0.25) is 0 Å². The van der Waals surface area contributed by atoms with Crippen molar-refractivity contribution in [3.8, 4) is 0 Å². The topological polar surface area (TPSA) is 66.8 Å². The molecule has 0 unspecified atom stereocenters.